The standard InChI is InChI=1S/C29H40N6O4S/c1-3-29(35(28(36)37)18-22-8-5-4-6-9-22)15-7-17-34(20-29)40(38,39)19-23-10-12-24(13-11-23)33(2)27-25-14-16-30-26(25)31-21-32-27/h4-6,8-9,14,16,21,23-24H,3,7,10-13,15,17-20H2,1-2H3,(H,36,37)(H,30,31,32). The molecule has 1 aliphatic heterocycles. The van der Waals surface area contributed by atoms with Gasteiger partial charge in [-0.25, -0.2) is 23.2 Å². The van der Waals surface area contributed by atoms with Crippen LogP contribution in [0.25, 0.3) is 11.0 Å². The molecule has 3 heterocycles. The SMILES string of the molecule is CCC1(N(Cc2ccccc2)C(=O)O)CCCN(S(=O)(=O)CC2CCC(N(C)c3ncnc4[nH]ccc34)CC2)C1. The van der Waals surface area contributed by atoms with Crippen LogP contribution in [0, 0.1) is 5.92 Å². The molecule has 0 spiro atoms. The van der Waals surface area contributed by atoms with Crippen LogP contribution < -0.4 is 4.90 Å². The van der Waals surface area contributed by atoms with Crippen LogP contribution >= 0.6 is 0 Å². The van der Waals surface area contributed by atoms with E-state index in [0.29, 0.717) is 25.8 Å². The molecule has 40 heavy (non-hydrogen) atoms. The van der Waals surface area contributed by atoms with E-state index in [2.05, 4.69) is 26.9 Å². The lowest BCUT2D eigenvalue weighted by molar-refractivity contribution is 0.0307. The molecule has 1 saturated heterocycles. The lowest BCUT2D eigenvalue weighted by Crippen LogP contribution is -2.60. The van der Waals surface area contributed by atoms with Gasteiger partial charge in [-0.1, -0.05) is 37.3 Å². The van der Waals surface area contributed by atoms with E-state index >= 15 is 0 Å². The number of carboxylic acid groups (broad SMARTS) is 1. The summed E-state index contributed by atoms with van der Waals surface area (Å²) >= 11 is 0. The maximum atomic E-state index is 13.7. The number of amides is 1. The van der Waals surface area contributed by atoms with Crippen molar-refractivity contribution < 1.29 is 18.3 Å². The highest BCUT2D eigenvalue weighted by Gasteiger charge is 2.45. The van der Waals surface area contributed by atoms with Gasteiger partial charge >= 0.3 is 6.09 Å². The van der Waals surface area contributed by atoms with Crippen molar-refractivity contribution in [2.45, 2.75) is 70.0 Å². The minimum Gasteiger partial charge on any atom is -0.465 e. The first-order valence-corrected chi connectivity index (χ1v) is 15.9. The van der Waals surface area contributed by atoms with Crippen LogP contribution in [0.1, 0.15) is 57.4 Å². The Morgan fingerprint density at radius 1 is 1.15 bits per heavy atom. The summed E-state index contributed by atoms with van der Waals surface area (Å²) in [5.74, 6) is 1.10. The number of aromatic amines is 1. The fourth-order valence-corrected chi connectivity index (χ4v) is 8.61. The zero-order valence-corrected chi connectivity index (χ0v) is 24.2. The van der Waals surface area contributed by atoms with Crippen LogP contribution in [0.5, 0.6) is 0 Å². The first-order chi connectivity index (χ1) is 19.2. The van der Waals surface area contributed by atoms with Gasteiger partial charge in [-0.3, -0.25) is 4.90 Å². The van der Waals surface area contributed by atoms with Crippen LogP contribution in [0.2, 0.25) is 0 Å². The van der Waals surface area contributed by atoms with Crippen LogP contribution in [-0.4, -0.2) is 81.2 Å². The lowest BCUT2D eigenvalue weighted by atomic mass is 9.85. The Kier molecular flexibility index (Phi) is 8.32. The molecule has 2 N–H and O–H groups in total. The molecule has 1 aliphatic carbocycles. The second kappa shape index (κ2) is 11.7. The average Bonchev–Trinajstić information content (AvgIpc) is 3.45. The van der Waals surface area contributed by atoms with Crippen molar-refractivity contribution in [2.24, 2.45) is 5.92 Å². The summed E-state index contributed by atoms with van der Waals surface area (Å²) in [6.07, 6.45) is 7.76. The van der Waals surface area contributed by atoms with Crippen molar-refractivity contribution in [1.82, 2.24) is 24.2 Å². The van der Waals surface area contributed by atoms with E-state index in [1.807, 2.05) is 49.5 Å². The van der Waals surface area contributed by atoms with Gasteiger partial charge < -0.3 is 15.0 Å². The molecule has 0 radical (unpaired) electrons. The van der Waals surface area contributed by atoms with Crippen LogP contribution in [0.3, 0.4) is 0 Å². The Hall–Kier alpha value is -3.18. The first kappa shape index (κ1) is 28.4. The summed E-state index contributed by atoms with van der Waals surface area (Å²) in [5, 5.41) is 11.2. The quantitative estimate of drug-likeness (QED) is 0.383. The van der Waals surface area contributed by atoms with Gasteiger partial charge in [0.2, 0.25) is 10.0 Å². The van der Waals surface area contributed by atoms with Crippen molar-refractivity contribution in [3.8, 4) is 0 Å². The predicted molar refractivity (Wildman–Crippen MR) is 156 cm³/mol. The maximum Gasteiger partial charge on any atom is 0.408 e. The second-order valence-electron chi connectivity index (χ2n) is 11.4. The number of hydrogen-bond donors (Lipinski definition) is 2. The van der Waals surface area contributed by atoms with Gasteiger partial charge in [0.25, 0.3) is 0 Å². The molecular formula is C29H40N6O4S. The van der Waals surface area contributed by atoms with Crippen LogP contribution in [0.4, 0.5) is 10.6 Å². The third-order valence-electron chi connectivity index (χ3n) is 9.04. The number of piperidine rings is 1. The molecule has 1 saturated carbocycles. The number of anilines is 1. The highest BCUT2D eigenvalue weighted by atomic mass is 32.2. The van der Waals surface area contributed by atoms with E-state index in [0.717, 1.165) is 48.1 Å². The number of rotatable bonds is 9. The molecule has 3 aromatic rings. The van der Waals surface area contributed by atoms with Gasteiger partial charge in [0.1, 0.15) is 17.8 Å². The number of carbonyl (C=O) groups is 1. The minimum absolute atomic E-state index is 0.0881. The molecule has 5 rings (SSSR count). The summed E-state index contributed by atoms with van der Waals surface area (Å²) in [6.45, 7) is 2.87. The largest absolute Gasteiger partial charge is 0.465 e. The minimum atomic E-state index is -3.53. The summed E-state index contributed by atoms with van der Waals surface area (Å²) in [6, 6.07) is 11.8. The molecule has 0 bridgehead atoms. The average molecular weight is 569 g/mol. The maximum absolute atomic E-state index is 13.7. The van der Waals surface area contributed by atoms with Gasteiger partial charge in [0, 0.05) is 38.9 Å². The van der Waals surface area contributed by atoms with E-state index in [1.165, 1.54) is 4.90 Å². The van der Waals surface area contributed by atoms with E-state index in [-0.39, 0.29) is 30.8 Å². The van der Waals surface area contributed by atoms with Crippen molar-refractivity contribution in [2.75, 3.05) is 30.8 Å². The fraction of sp³-hybridized carbons (Fsp3) is 0.552. The molecule has 216 valence electrons. The Bertz CT molecular complexity index is 1410. The topological polar surface area (TPSA) is 123 Å². The zero-order chi connectivity index (χ0) is 28.3. The van der Waals surface area contributed by atoms with E-state index in [4.69, 9.17) is 0 Å². The molecule has 1 aromatic carbocycles. The second-order valence-corrected chi connectivity index (χ2v) is 13.4. The van der Waals surface area contributed by atoms with E-state index in [1.54, 1.807) is 10.6 Å². The van der Waals surface area contributed by atoms with Crippen molar-refractivity contribution in [1.29, 1.82) is 0 Å². The normalized spacial score (nSPS) is 24.1. The van der Waals surface area contributed by atoms with Gasteiger partial charge in [0.05, 0.1) is 16.7 Å². The number of nitrogens with zero attached hydrogens (tertiary/aromatic N) is 5. The Morgan fingerprint density at radius 3 is 2.60 bits per heavy atom. The molecule has 1 amide bonds. The summed E-state index contributed by atoms with van der Waals surface area (Å²) in [4.78, 5) is 28.0. The number of hydrogen-bond acceptors (Lipinski definition) is 6. The molecule has 2 fully saturated rings. The highest BCUT2D eigenvalue weighted by Crippen LogP contribution is 2.36. The molecule has 10 nitrogen and oxygen atoms in total. The van der Waals surface area contributed by atoms with Crippen molar-refractivity contribution >= 4 is 33.0 Å². The van der Waals surface area contributed by atoms with Gasteiger partial charge in [-0.05, 0) is 62.5 Å². The Labute approximate surface area is 236 Å². The zero-order valence-electron chi connectivity index (χ0n) is 23.4. The monoisotopic (exact) mass is 568 g/mol. The number of benzene rings is 1. The summed E-state index contributed by atoms with van der Waals surface area (Å²) < 4.78 is 29.0. The van der Waals surface area contributed by atoms with Crippen LogP contribution in [0.15, 0.2) is 48.9 Å². The number of fused-ring (bicyclic) bond motifs is 1. The lowest BCUT2D eigenvalue weighted by Gasteiger charge is -2.48. The Balaban J connectivity index is 1.23. The number of nitrogens with one attached hydrogen (secondary N) is 1. The number of H-pyrrole nitrogens is 1. The van der Waals surface area contributed by atoms with Crippen molar-refractivity contribution in [3.05, 3.63) is 54.5 Å². The molecular weight excluding hydrogens is 528 g/mol. The van der Waals surface area contributed by atoms with Gasteiger partial charge in [-0.15, -0.1) is 0 Å². The molecule has 2 aliphatic rings. The molecule has 1 atom stereocenters. The number of aromatic nitrogens is 3. The van der Waals surface area contributed by atoms with Crippen molar-refractivity contribution in [3.63, 3.8) is 0 Å². The summed E-state index contributed by atoms with van der Waals surface area (Å²) in [5.41, 5.74) is 0.972. The third kappa shape index (κ3) is 5.81. The summed E-state index contributed by atoms with van der Waals surface area (Å²) in [7, 11) is -1.48. The number of sulfonamides is 1. The molecule has 1 unspecified atom stereocenters. The predicted octanol–water partition coefficient (Wildman–Crippen LogP) is 4.71. The van der Waals surface area contributed by atoms with Gasteiger partial charge in [0.15, 0.2) is 0 Å². The molecule has 2 aromatic heterocycles. The first-order valence-electron chi connectivity index (χ1n) is 14.3. The third-order valence-corrected chi connectivity index (χ3v) is 11.0. The van der Waals surface area contributed by atoms with Gasteiger partial charge in [-0.2, -0.15) is 4.31 Å². The van der Waals surface area contributed by atoms with E-state index < -0.39 is 21.7 Å². The fourth-order valence-electron chi connectivity index (χ4n) is 6.63. The molecule has 11 heteroatoms. The highest BCUT2D eigenvalue weighted by molar-refractivity contribution is 7.89. The Morgan fingerprint density at radius 2 is 1.90 bits per heavy atom. The van der Waals surface area contributed by atoms with Crippen LogP contribution in [-0.2, 0) is 16.6 Å². The smallest absolute Gasteiger partial charge is 0.408 e. The van der Waals surface area contributed by atoms with E-state index in [9.17, 15) is 18.3 Å².